The summed E-state index contributed by atoms with van der Waals surface area (Å²) in [7, 11) is 6.97. The topological polar surface area (TPSA) is 57.0 Å². The maximum atomic E-state index is 6.20. The molecule has 1 aromatic carbocycles. The van der Waals surface area contributed by atoms with Crippen molar-refractivity contribution in [3.05, 3.63) is 23.8 Å². The summed E-state index contributed by atoms with van der Waals surface area (Å²) in [4.78, 5) is 2.14. The van der Waals surface area contributed by atoms with Crippen LogP contribution in [0, 0.1) is 0 Å². The van der Waals surface area contributed by atoms with Crippen LogP contribution in [0.25, 0.3) is 0 Å². The molecule has 0 saturated heterocycles. The summed E-state index contributed by atoms with van der Waals surface area (Å²) in [6, 6.07) is 5.70. The first-order valence-electron chi connectivity index (χ1n) is 6.27. The number of hydrogen-bond acceptors (Lipinski definition) is 5. The minimum Gasteiger partial charge on any atom is -0.493 e. The standard InChI is InChI=1S/C14H24N2O3/c1-16(7-8-17-2)10-12(15)11-5-6-13(18-3)14(9-11)19-4/h5-6,9,12H,7-8,10,15H2,1-4H3. The molecule has 5 heteroatoms. The molecule has 1 atom stereocenters. The van der Waals surface area contributed by atoms with Gasteiger partial charge in [0.25, 0.3) is 0 Å². The Morgan fingerprint density at radius 1 is 1.16 bits per heavy atom. The predicted octanol–water partition coefficient (Wildman–Crippen LogP) is 1.28. The number of nitrogens with two attached hydrogens (primary N) is 1. The van der Waals surface area contributed by atoms with Crippen molar-refractivity contribution in [2.24, 2.45) is 5.73 Å². The fourth-order valence-corrected chi connectivity index (χ4v) is 1.86. The third-order valence-electron chi connectivity index (χ3n) is 3.02. The van der Waals surface area contributed by atoms with E-state index < -0.39 is 0 Å². The lowest BCUT2D eigenvalue weighted by molar-refractivity contribution is 0.158. The number of rotatable bonds is 8. The van der Waals surface area contributed by atoms with Gasteiger partial charge in [-0.2, -0.15) is 0 Å². The minimum absolute atomic E-state index is 0.0679. The normalized spacial score (nSPS) is 12.5. The van der Waals surface area contributed by atoms with Gasteiger partial charge in [0.05, 0.1) is 20.8 Å². The van der Waals surface area contributed by atoms with Gasteiger partial charge in [0.15, 0.2) is 11.5 Å². The lowest BCUT2D eigenvalue weighted by atomic mass is 10.1. The van der Waals surface area contributed by atoms with Gasteiger partial charge in [0, 0.05) is 26.2 Å². The monoisotopic (exact) mass is 268 g/mol. The van der Waals surface area contributed by atoms with E-state index in [1.165, 1.54) is 0 Å². The van der Waals surface area contributed by atoms with Gasteiger partial charge in [-0.25, -0.2) is 0 Å². The van der Waals surface area contributed by atoms with Crippen molar-refractivity contribution in [3.63, 3.8) is 0 Å². The molecular formula is C14H24N2O3. The Morgan fingerprint density at radius 2 is 1.84 bits per heavy atom. The molecule has 0 aliphatic rings. The Hall–Kier alpha value is -1.30. The first kappa shape index (κ1) is 15.8. The second kappa shape index (κ2) is 7.99. The molecule has 0 aliphatic heterocycles. The van der Waals surface area contributed by atoms with Gasteiger partial charge in [-0.3, -0.25) is 0 Å². The van der Waals surface area contributed by atoms with E-state index in [2.05, 4.69) is 4.90 Å². The molecule has 1 aromatic rings. The highest BCUT2D eigenvalue weighted by atomic mass is 16.5. The van der Waals surface area contributed by atoms with Crippen LogP contribution >= 0.6 is 0 Å². The molecule has 0 spiro atoms. The zero-order chi connectivity index (χ0) is 14.3. The molecular weight excluding hydrogens is 244 g/mol. The first-order chi connectivity index (χ1) is 9.12. The average Bonchev–Trinajstić information content (AvgIpc) is 2.44. The average molecular weight is 268 g/mol. The largest absolute Gasteiger partial charge is 0.493 e. The number of ether oxygens (including phenoxy) is 3. The maximum Gasteiger partial charge on any atom is 0.161 e. The predicted molar refractivity (Wildman–Crippen MR) is 75.8 cm³/mol. The molecule has 108 valence electrons. The molecule has 0 aromatic heterocycles. The Balaban J connectivity index is 2.68. The summed E-state index contributed by atoms with van der Waals surface area (Å²) in [6.45, 7) is 2.32. The van der Waals surface area contributed by atoms with Crippen molar-refractivity contribution < 1.29 is 14.2 Å². The molecule has 0 aliphatic carbocycles. The SMILES string of the molecule is COCCN(C)CC(N)c1ccc(OC)c(OC)c1. The van der Waals surface area contributed by atoms with Gasteiger partial charge in [0.1, 0.15) is 0 Å². The lowest BCUT2D eigenvalue weighted by Gasteiger charge is -2.21. The van der Waals surface area contributed by atoms with E-state index in [4.69, 9.17) is 19.9 Å². The van der Waals surface area contributed by atoms with Crippen LogP contribution in [0.2, 0.25) is 0 Å². The van der Waals surface area contributed by atoms with E-state index in [1.54, 1.807) is 21.3 Å². The quantitative estimate of drug-likeness (QED) is 0.769. The molecule has 0 fully saturated rings. The molecule has 1 unspecified atom stereocenters. The number of hydrogen-bond donors (Lipinski definition) is 1. The summed E-state index contributed by atoms with van der Waals surface area (Å²) in [6.07, 6.45) is 0. The van der Waals surface area contributed by atoms with E-state index in [9.17, 15) is 0 Å². The molecule has 5 nitrogen and oxygen atoms in total. The Kier molecular flexibility index (Phi) is 6.62. The summed E-state index contributed by atoms with van der Waals surface area (Å²) < 4.78 is 15.5. The van der Waals surface area contributed by atoms with Crippen molar-refractivity contribution in [2.45, 2.75) is 6.04 Å². The van der Waals surface area contributed by atoms with Crippen LogP contribution in [-0.2, 0) is 4.74 Å². The van der Waals surface area contributed by atoms with Crippen LogP contribution in [0.5, 0.6) is 11.5 Å². The molecule has 1 rings (SSSR count). The fraction of sp³-hybridized carbons (Fsp3) is 0.571. The van der Waals surface area contributed by atoms with Crippen molar-refractivity contribution in [3.8, 4) is 11.5 Å². The van der Waals surface area contributed by atoms with Gasteiger partial charge < -0.3 is 24.8 Å². The molecule has 0 bridgehead atoms. The van der Waals surface area contributed by atoms with E-state index in [1.807, 2.05) is 25.2 Å². The molecule has 0 radical (unpaired) electrons. The van der Waals surface area contributed by atoms with E-state index in [0.717, 1.165) is 18.7 Å². The molecule has 19 heavy (non-hydrogen) atoms. The van der Waals surface area contributed by atoms with Gasteiger partial charge in [-0.15, -0.1) is 0 Å². The fourth-order valence-electron chi connectivity index (χ4n) is 1.86. The highest BCUT2D eigenvalue weighted by molar-refractivity contribution is 5.43. The summed E-state index contributed by atoms with van der Waals surface area (Å²) >= 11 is 0. The van der Waals surface area contributed by atoms with Gasteiger partial charge in [-0.1, -0.05) is 6.07 Å². The molecule has 0 saturated carbocycles. The zero-order valence-corrected chi connectivity index (χ0v) is 12.2. The van der Waals surface area contributed by atoms with Crippen LogP contribution in [-0.4, -0.2) is 53.0 Å². The van der Waals surface area contributed by atoms with E-state index >= 15 is 0 Å². The molecule has 0 amide bonds. The zero-order valence-electron chi connectivity index (χ0n) is 12.2. The second-order valence-corrected chi connectivity index (χ2v) is 4.48. The van der Waals surface area contributed by atoms with Crippen LogP contribution in [0.3, 0.4) is 0 Å². The van der Waals surface area contributed by atoms with E-state index in [0.29, 0.717) is 18.1 Å². The Labute approximate surface area is 115 Å². The number of likely N-dealkylation sites (N-methyl/N-ethyl adjacent to an activating group) is 1. The molecule has 2 N–H and O–H groups in total. The Bertz CT molecular complexity index is 385. The van der Waals surface area contributed by atoms with Crippen molar-refractivity contribution >= 4 is 0 Å². The summed E-state index contributed by atoms with van der Waals surface area (Å²) in [5.41, 5.74) is 7.23. The summed E-state index contributed by atoms with van der Waals surface area (Å²) in [5.74, 6) is 1.42. The minimum atomic E-state index is -0.0679. The highest BCUT2D eigenvalue weighted by Crippen LogP contribution is 2.29. The first-order valence-corrected chi connectivity index (χ1v) is 6.27. The van der Waals surface area contributed by atoms with Crippen LogP contribution in [0.4, 0.5) is 0 Å². The van der Waals surface area contributed by atoms with Gasteiger partial charge in [0.2, 0.25) is 0 Å². The summed E-state index contributed by atoms with van der Waals surface area (Å²) in [5, 5.41) is 0. The number of benzene rings is 1. The van der Waals surface area contributed by atoms with Crippen molar-refractivity contribution in [1.29, 1.82) is 0 Å². The number of nitrogens with zero attached hydrogens (tertiary/aromatic N) is 1. The third kappa shape index (κ3) is 4.70. The van der Waals surface area contributed by atoms with E-state index in [-0.39, 0.29) is 6.04 Å². The van der Waals surface area contributed by atoms with Gasteiger partial charge in [-0.05, 0) is 24.7 Å². The second-order valence-electron chi connectivity index (χ2n) is 4.48. The highest BCUT2D eigenvalue weighted by Gasteiger charge is 2.12. The maximum absolute atomic E-state index is 6.20. The molecule has 0 heterocycles. The Morgan fingerprint density at radius 3 is 2.42 bits per heavy atom. The van der Waals surface area contributed by atoms with Crippen molar-refractivity contribution in [2.75, 3.05) is 48.1 Å². The third-order valence-corrected chi connectivity index (χ3v) is 3.02. The van der Waals surface area contributed by atoms with Gasteiger partial charge >= 0.3 is 0 Å². The van der Waals surface area contributed by atoms with Crippen molar-refractivity contribution in [1.82, 2.24) is 4.90 Å². The number of methoxy groups -OCH3 is 3. The smallest absolute Gasteiger partial charge is 0.161 e. The van der Waals surface area contributed by atoms with Crippen LogP contribution in [0.15, 0.2) is 18.2 Å². The van der Waals surface area contributed by atoms with Crippen LogP contribution in [0.1, 0.15) is 11.6 Å². The van der Waals surface area contributed by atoms with Crippen LogP contribution < -0.4 is 15.2 Å². The lowest BCUT2D eigenvalue weighted by Crippen LogP contribution is -2.31.